The first kappa shape index (κ1) is 20.7. The van der Waals surface area contributed by atoms with Crippen LogP contribution in [0.3, 0.4) is 0 Å². The Labute approximate surface area is 158 Å². The zero-order valence-corrected chi connectivity index (χ0v) is 16.6. The molecule has 2 unspecified atom stereocenters. The number of nitrogens with zero attached hydrogens (tertiary/aromatic N) is 2. The van der Waals surface area contributed by atoms with Gasteiger partial charge in [0.25, 0.3) is 0 Å². The maximum absolute atomic E-state index is 9.71. The van der Waals surface area contributed by atoms with Gasteiger partial charge in [0.15, 0.2) is 5.96 Å². The summed E-state index contributed by atoms with van der Waals surface area (Å²) in [6.07, 6.45) is 4.26. The van der Waals surface area contributed by atoms with E-state index in [9.17, 15) is 5.11 Å². The first-order valence-electron chi connectivity index (χ1n) is 9.97. The number of likely N-dealkylation sites (tertiary alicyclic amines) is 1. The van der Waals surface area contributed by atoms with E-state index in [2.05, 4.69) is 54.2 Å². The van der Waals surface area contributed by atoms with Gasteiger partial charge in [-0.15, -0.1) is 0 Å². The number of benzene rings is 1. The molecule has 1 fully saturated rings. The molecule has 4 N–H and O–H groups in total. The van der Waals surface area contributed by atoms with Crippen LogP contribution in [0.1, 0.15) is 57.6 Å². The summed E-state index contributed by atoms with van der Waals surface area (Å²) >= 11 is 0. The minimum atomic E-state index is -0.183. The van der Waals surface area contributed by atoms with Gasteiger partial charge in [-0.05, 0) is 36.8 Å². The third-order valence-electron chi connectivity index (χ3n) is 4.99. The van der Waals surface area contributed by atoms with Crippen LogP contribution < -0.4 is 11.1 Å². The average Bonchev–Trinajstić information content (AvgIpc) is 2.98. The smallest absolute Gasteiger partial charge is 0.189 e. The Morgan fingerprint density at radius 2 is 2.00 bits per heavy atom. The Morgan fingerprint density at radius 1 is 1.27 bits per heavy atom. The van der Waals surface area contributed by atoms with Crippen LogP contribution in [-0.4, -0.2) is 41.2 Å². The molecule has 2 rings (SSSR count). The van der Waals surface area contributed by atoms with E-state index < -0.39 is 0 Å². The quantitative estimate of drug-likeness (QED) is 0.468. The van der Waals surface area contributed by atoms with Gasteiger partial charge in [-0.2, -0.15) is 0 Å². The predicted molar refractivity (Wildman–Crippen MR) is 109 cm³/mol. The number of aliphatic imine (C=N–C) groups is 1. The number of aliphatic hydroxyl groups excluding tert-OH is 1. The van der Waals surface area contributed by atoms with Gasteiger partial charge >= 0.3 is 0 Å². The van der Waals surface area contributed by atoms with Gasteiger partial charge in [0.1, 0.15) is 0 Å². The van der Waals surface area contributed by atoms with Crippen LogP contribution in [0.2, 0.25) is 0 Å². The largest absolute Gasteiger partial charge is 0.392 e. The molecular formula is C21H36N4O. The number of β-amino-alcohol motifs (C(OH)–C–C–N with tert-alkyl or cyclic N) is 1. The van der Waals surface area contributed by atoms with Crippen molar-refractivity contribution in [1.82, 2.24) is 10.2 Å². The maximum atomic E-state index is 9.71. The number of nitrogens with two attached hydrogens (primary N) is 1. The second-order valence-electron chi connectivity index (χ2n) is 8.02. The lowest BCUT2D eigenvalue weighted by molar-refractivity contribution is 0.174. The Balaban J connectivity index is 1.84. The van der Waals surface area contributed by atoms with Crippen molar-refractivity contribution in [2.45, 2.75) is 71.7 Å². The van der Waals surface area contributed by atoms with Crippen molar-refractivity contribution in [2.24, 2.45) is 16.6 Å². The average molecular weight is 361 g/mol. The van der Waals surface area contributed by atoms with E-state index in [1.54, 1.807) is 0 Å². The molecule has 0 amide bonds. The fourth-order valence-corrected chi connectivity index (χ4v) is 3.44. The molecule has 5 nitrogen and oxygen atoms in total. The van der Waals surface area contributed by atoms with E-state index in [4.69, 9.17) is 5.73 Å². The molecule has 1 saturated heterocycles. The van der Waals surface area contributed by atoms with Crippen molar-refractivity contribution < 1.29 is 5.11 Å². The summed E-state index contributed by atoms with van der Waals surface area (Å²) in [5.74, 6) is 1.27. The summed E-state index contributed by atoms with van der Waals surface area (Å²) in [5, 5.41) is 13.0. The van der Waals surface area contributed by atoms with Crippen LogP contribution in [0.25, 0.3) is 0 Å². The third-order valence-corrected chi connectivity index (χ3v) is 4.99. The van der Waals surface area contributed by atoms with E-state index in [1.807, 2.05) is 6.07 Å². The van der Waals surface area contributed by atoms with E-state index in [0.29, 0.717) is 18.5 Å². The Hall–Kier alpha value is -1.59. The molecule has 1 aromatic carbocycles. The van der Waals surface area contributed by atoms with Gasteiger partial charge in [0.05, 0.1) is 12.6 Å². The molecular weight excluding hydrogens is 324 g/mol. The highest BCUT2D eigenvalue weighted by atomic mass is 16.3. The molecule has 1 aliphatic rings. The fraction of sp³-hybridized carbons (Fsp3) is 0.667. The van der Waals surface area contributed by atoms with Crippen molar-refractivity contribution in [2.75, 3.05) is 13.1 Å². The fourth-order valence-electron chi connectivity index (χ4n) is 3.44. The van der Waals surface area contributed by atoms with E-state index in [-0.39, 0.29) is 6.10 Å². The molecule has 0 saturated carbocycles. The van der Waals surface area contributed by atoms with Gasteiger partial charge in [-0.1, -0.05) is 51.0 Å². The molecule has 5 heteroatoms. The van der Waals surface area contributed by atoms with Crippen LogP contribution in [0.4, 0.5) is 0 Å². The number of nitrogens with one attached hydrogen (secondary N) is 1. The highest BCUT2D eigenvalue weighted by molar-refractivity contribution is 5.78. The maximum Gasteiger partial charge on any atom is 0.189 e. The Kier molecular flexibility index (Phi) is 8.39. The van der Waals surface area contributed by atoms with E-state index in [0.717, 1.165) is 38.4 Å². The molecule has 0 radical (unpaired) electrons. The van der Waals surface area contributed by atoms with E-state index >= 15 is 0 Å². The monoisotopic (exact) mass is 360 g/mol. The minimum Gasteiger partial charge on any atom is -0.392 e. The molecule has 1 aromatic rings. The number of hydrogen-bond acceptors (Lipinski definition) is 3. The summed E-state index contributed by atoms with van der Waals surface area (Å²) < 4.78 is 0. The number of rotatable bonds is 9. The zero-order valence-electron chi connectivity index (χ0n) is 16.6. The predicted octanol–water partition coefficient (Wildman–Crippen LogP) is 2.87. The molecule has 0 aromatic heterocycles. The lowest BCUT2D eigenvalue weighted by Crippen LogP contribution is -2.38. The van der Waals surface area contributed by atoms with Gasteiger partial charge in [0, 0.05) is 25.7 Å². The normalized spacial score (nSPS) is 19.9. The highest BCUT2D eigenvalue weighted by Crippen LogP contribution is 2.17. The number of hydrogen-bond donors (Lipinski definition) is 3. The molecule has 0 spiro atoms. The van der Waals surface area contributed by atoms with Crippen LogP contribution in [-0.2, 0) is 13.1 Å². The second kappa shape index (κ2) is 10.5. The van der Waals surface area contributed by atoms with Crippen molar-refractivity contribution in [1.29, 1.82) is 0 Å². The molecule has 146 valence electrons. The molecule has 2 atom stereocenters. The summed E-state index contributed by atoms with van der Waals surface area (Å²) in [6.45, 7) is 9.84. The molecule has 0 bridgehead atoms. The van der Waals surface area contributed by atoms with Crippen molar-refractivity contribution in [3.8, 4) is 0 Å². The lowest BCUT2D eigenvalue weighted by Gasteiger charge is -2.18. The SMILES string of the molecule is CC(C)CCCC(C)NC(N)=NCc1ccccc1CN1CCC(O)C1. The first-order chi connectivity index (χ1) is 12.4. The minimum absolute atomic E-state index is 0.183. The third kappa shape index (κ3) is 7.34. The highest BCUT2D eigenvalue weighted by Gasteiger charge is 2.20. The number of guanidine groups is 1. The van der Waals surface area contributed by atoms with Crippen molar-refractivity contribution in [3.05, 3.63) is 35.4 Å². The lowest BCUT2D eigenvalue weighted by atomic mass is 10.0. The summed E-state index contributed by atoms with van der Waals surface area (Å²) in [6, 6.07) is 8.72. The summed E-state index contributed by atoms with van der Waals surface area (Å²) in [7, 11) is 0. The van der Waals surface area contributed by atoms with Crippen LogP contribution in [0, 0.1) is 5.92 Å². The van der Waals surface area contributed by atoms with Crippen molar-refractivity contribution >= 4 is 5.96 Å². The number of aliphatic hydroxyl groups is 1. The molecule has 0 aliphatic carbocycles. The van der Waals surface area contributed by atoms with E-state index in [1.165, 1.54) is 24.0 Å². The van der Waals surface area contributed by atoms with Gasteiger partial charge in [0.2, 0.25) is 0 Å². The van der Waals surface area contributed by atoms with Gasteiger partial charge in [-0.3, -0.25) is 4.90 Å². The Bertz CT molecular complexity index is 573. The first-order valence-corrected chi connectivity index (χ1v) is 9.97. The van der Waals surface area contributed by atoms with Crippen LogP contribution >= 0.6 is 0 Å². The summed E-state index contributed by atoms with van der Waals surface area (Å²) in [4.78, 5) is 6.84. The molecule has 26 heavy (non-hydrogen) atoms. The van der Waals surface area contributed by atoms with Gasteiger partial charge in [-0.25, -0.2) is 4.99 Å². The molecule has 1 aliphatic heterocycles. The topological polar surface area (TPSA) is 73.9 Å². The molecule has 1 heterocycles. The van der Waals surface area contributed by atoms with Crippen molar-refractivity contribution in [3.63, 3.8) is 0 Å². The Morgan fingerprint density at radius 3 is 2.65 bits per heavy atom. The summed E-state index contributed by atoms with van der Waals surface area (Å²) in [5.41, 5.74) is 8.55. The zero-order chi connectivity index (χ0) is 18.9. The standard InChI is InChI=1S/C21H36N4O/c1-16(2)7-6-8-17(3)24-21(22)23-13-18-9-4-5-10-19(18)14-25-12-11-20(26)15-25/h4-5,9-10,16-17,20,26H,6-8,11-15H2,1-3H3,(H3,22,23,24). The van der Waals surface area contributed by atoms with Gasteiger partial charge < -0.3 is 16.2 Å². The van der Waals surface area contributed by atoms with Crippen LogP contribution in [0.5, 0.6) is 0 Å². The second-order valence-corrected chi connectivity index (χ2v) is 8.02. The van der Waals surface area contributed by atoms with Crippen LogP contribution in [0.15, 0.2) is 29.3 Å².